The van der Waals surface area contributed by atoms with Crippen molar-refractivity contribution in [1.82, 2.24) is 4.90 Å². The van der Waals surface area contributed by atoms with Crippen LogP contribution >= 0.6 is 0 Å². The van der Waals surface area contributed by atoms with Gasteiger partial charge in [0.2, 0.25) is 0 Å². The van der Waals surface area contributed by atoms with Gasteiger partial charge in [0.1, 0.15) is 5.78 Å². The van der Waals surface area contributed by atoms with Crippen molar-refractivity contribution >= 4 is 16.6 Å². The number of rotatable bonds is 3. The van der Waals surface area contributed by atoms with Crippen molar-refractivity contribution in [2.45, 2.75) is 32.6 Å². The summed E-state index contributed by atoms with van der Waals surface area (Å²) in [6.07, 6.45) is 4.15. The summed E-state index contributed by atoms with van der Waals surface area (Å²) in [5, 5.41) is 0. The van der Waals surface area contributed by atoms with Gasteiger partial charge >= 0.3 is 0 Å². The molecular formula is C13H23NO2S. The molecule has 2 unspecified atom stereocenters. The van der Waals surface area contributed by atoms with Crippen LogP contribution in [-0.4, -0.2) is 46.0 Å². The van der Waals surface area contributed by atoms with Gasteiger partial charge in [-0.3, -0.25) is 9.00 Å². The van der Waals surface area contributed by atoms with Crippen LogP contribution in [0.15, 0.2) is 0 Å². The number of carbonyl (C=O) groups excluding carboxylic acids is 1. The molecule has 98 valence electrons. The molecule has 0 bridgehead atoms. The van der Waals surface area contributed by atoms with Crippen LogP contribution in [0, 0.1) is 11.8 Å². The Morgan fingerprint density at radius 1 is 1.35 bits per heavy atom. The van der Waals surface area contributed by atoms with Crippen LogP contribution in [0.1, 0.15) is 32.6 Å². The Balaban J connectivity index is 1.84. The summed E-state index contributed by atoms with van der Waals surface area (Å²) >= 11 is 0. The van der Waals surface area contributed by atoms with E-state index in [0.29, 0.717) is 5.78 Å². The molecule has 0 spiro atoms. The topological polar surface area (TPSA) is 37.4 Å². The third kappa shape index (κ3) is 3.62. The third-order valence-corrected chi connectivity index (χ3v) is 5.47. The molecule has 0 radical (unpaired) electrons. The maximum atomic E-state index is 11.9. The lowest BCUT2D eigenvalue weighted by atomic mass is 9.79. The Bertz CT molecular complexity index is 296. The zero-order valence-electron chi connectivity index (χ0n) is 10.7. The Morgan fingerprint density at radius 2 is 2.06 bits per heavy atom. The summed E-state index contributed by atoms with van der Waals surface area (Å²) in [7, 11) is -0.611. The van der Waals surface area contributed by atoms with Crippen molar-refractivity contribution < 1.29 is 9.00 Å². The molecule has 2 atom stereocenters. The zero-order chi connectivity index (χ0) is 12.3. The van der Waals surface area contributed by atoms with Crippen molar-refractivity contribution in [2.24, 2.45) is 11.8 Å². The smallest absolute Gasteiger partial charge is 0.137 e. The first kappa shape index (κ1) is 13.2. The highest BCUT2D eigenvalue weighted by molar-refractivity contribution is 7.85. The minimum atomic E-state index is -0.611. The van der Waals surface area contributed by atoms with Crippen LogP contribution in [0.2, 0.25) is 0 Å². The second-order valence-corrected chi connectivity index (χ2v) is 7.06. The fourth-order valence-electron chi connectivity index (χ4n) is 2.92. The predicted octanol–water partition coefficient (Wildman–Crippen LogP) is 1.45. The normalized spacial score (nSPS) is 32.9. The number of hydrogen-bond donors (Lipinski definition) is 0. The Hall–Kier alpha value is -0.220. The molecule has 4 heteroatoms. The van der Waals surface area contributed by atoms with E-state index in [2.05, 4.69) is 11.8 Å². The van der Waals surface area contributed by atoms with Crippen LogP contribution in [0.4, 0.5) is 0 Å². The first-order valence-electron chi connectivity index (χ1n) is 6.79. The highest BCUT2D eigenvalue weighted by Gasteiger charge is 2.30. The van der Waals surface area contributed by atoms with Gasteiger partial charge in [-0.15, -0.1) is 0 Å². The van der Waals surface area contributed by atoms with Crippen molar-refractivity contribution in [3.8, 4) is 0 Å². The summed E-state index contributed by atoms with van der Waals surface area (Å²) in [6.45, 7) is 4.95. The van der Waals surface area contributed by atoms with E-state index in [9.17, 15) is 9.00 Å². The van der Waals surface area contributed by atoms with Gasteiger partial charge < -0.3 is 4.90 Å². The lowest BCUT2D eigenvalue weighted by molar-refractivity contribution is -0.126. The maximum Gasteiger partial charge on any atom is 0.137 e. The number of hydrogen-bond acceptors (Lipinski definition) is 3. The highest BCUT2D eigenvalue weighted by Crippen LogP contribution is 2.29. The average Bonchev–Trinajstić information content (AvgIpc) is 2.35. The fourth-order valence-corrected chi connectivity index (χ4v) is 4.05. The predicted molar refractivity (Wildman–Crippen MR) is 70.4 cm³/mol. The van der Waals surface area contributed by atoms with Crippen LogP contribution in [-0.2, 0) is 15.6 Å². The lowest BCUT2D eigenvalue weighted by Gasteiger charge is -2.33. The van der Waals surface area contributed by atoms with Gasteiger partial charge in [0, 0.05) is 54.3 Å². The van der Waals surface area contributed by atoms with Crippen molar-refractivity contribution in [1.29, 1.82) is 0 Å². The van der Waals surface area contributed by atoms with Crippen LogP contribution in [0.25, 0.3) is 0 Å². The van der Waals surface area contributed by atoms with E-state index in [1.807, 2.05) is 0 Å². The highest BCUT2D eigenvalue weighted by atomic mass is 32.2. The lowest BCUT2D eigenvalue weighted by Crippen LogP contribution is -2.43. The summed E-state index contributed by atoms with van der Waals surface area (Å²) in [6, 6.07) is 0. The van der Waals surface area contributed by atoms with Crippen molar-refractivity contribution in [3.63, 3.8) is 0 Å². The Kier molecular flexibility index (Phi) is 4.74. The second kappa shape index (κ2) is 6.10. The molecule has 1 aliphatic carbocycles. The second-order valence-electron chi connectivity index (χ2n) is 5.36. The van der Waals surface area contributed by atoms with E-state index in [-0.39, 0.29) is 5.92 Å². The standard InChI is InChI=1S/C13H23NO2S/c1-2-11-3-4-13(15)12(9-11)10-14-5-7-17(16)8-6-14/h11-12H,2-10H2,1H3. The molecule has 1 aliphatic heterocycles. The quantitative estimate of drug-likeness (QED) is 0.768. The van der Waals surface area contributed by atoms with Gasteiger partial charge in [0.05, 0.1) is 0 Å². The molecule has 17 heavy (non-hydrogen) atoms. The molecular weight excluding hydrogens is 234 g/mol. The van der Waals surface area contributed by atoms with Crippen molar-refractivity contribution in [3.05, 3.63) is 0 Å². The monoisotopic (exact) mass is 257 g/mol. The molecule has 2 rings (SSSR count). The molecule has 0 aromatic rings. The molecule has 1 heterocycles. The van der Waals surface area contributed by atoms with Crippen molar-refractivity contribution in [2.75, 3.05) is 31.1 Å². The molecule has 2 fully saturated rings. The minimum absolute atomic E-state index is 0.250. The molecule has 0 N–H and O–H groups in total. The number of Topliss-reactive ketones (excluding diaryl/α,β-unsaturated/α-hetero) is 1. The zero-order valence-corrected chi connectivity index (χ0v) is 11.5. The van der Waals surface area contributed by atoms with E-state index in [1.54, 1.807) is 0 Å². The van der Waals surface area contributed by atoms with E-state index in [0.717, 1.165) is 56.3 Å². The summed E-state index contributed by atoms with van der Waals surface area (Å²) < 4.78 is 11.3. The molecule has 3 nitrogen and oxygen atoms in total. The Morgan fingerprint density at radius 3 is 2.71 bits per heavy atom. The number of carbonyl (C=O) groups is 1. The summed E-state index contributed by atoms with van der Waals surface area (Å²) in [4.78, 5) is 14.2. The van der Waals surface area contributed by atoms with Crippen LogP contribution in [0.3, 0.4) is 0 Å². The molecule has 0 amide bonds. The van der Waals surface area contributed by atoms with Gasteiger partial charge in [-0.2, -0.15) is 0 Å². The van der Waals surface area contributed by atoms with Gasteiger partial charge in [-0.05, 0) is 18.8 Å². The molecule has 1 saturated carbocycles. The average molecular weight is 257 g/mol. The molecule has 0 aromatic carbocycles. The summed E-state index contributed by atoms with van der Waals surface area (Å²) in [5.41, 5.74) is 0. The largest absolute Gasteiger partial charge is 0.301 e. The van der Waals surface area contributed by atoms with Crippen LogP contribution in [0.5, 0.6) is 0 Å². The Labute approximate surface area is 106 Å². The molecule has 2 aliphatic rings. The first-order valence-corrected chi connectivity index (χ1v) is 8.28. The summed E-state index contributed by atoms with van der Waals surface area (Å²) in [5.74, 6) is 3.04. The minimum Gasteiger partial charge on any atom is -0.301 e. The molecule has 0 aromatic heterocycles. The van der Waals surface area contributed by atoms with E-state index < -0.39 is 10.8 Å². The van der Waals surface area contributed by atoms with Gasteiger partial charge in [0.15, 0.2) is 0 Å². The van der Waals surface area contributed by atoms with E-state index in [1.165, 1.54) is 6.42 Å². The van der Waals surface area contributed by atoms with E-state index in [4.69, 9.17) is 0 Å². The fraction of sp³-hybridized carbons (Fsp3) is 0.923. The van der Waals surface area contributed by atoms with Gasteiger partial charge in [-0.1, -0.05) is 13.3 Å². The number of ketones is 1. The maximum absolute atomic E-state index is 11.9. The molecule has 1 saturated heterocycles. The number of nitrogens with zero attached hydrogens (tertiary/aromatic N) is 1. The first-order chi connectivity index (χ1) is 8.19. The third-order valence-electron chi connectivity index (χ3n) is 4.20. The van der Waals surface area contributed by atoms with Gasteiger partial charge in [0.25, 0.3) is 0 Å². The van der Waals surface area contributed by atoms with Gasteiger partial charge in [-0.25, -0.2) is 0 Å². The SMILES string of the molecule is CCC1CCC(=O)C(CN2CCS(=O)CC2)C1. The van der Waals surface area contributed by atoms with Crippen LogP contribution < -0.4 is 0 Å². The van der Waals surface area contributed by atoms with E-state index >= 15 is 0 Å².